The molecule has 0 aromatic heterocycles. The number of nitro benzene ring substituents is 1. The monoisotopic (exact) mass is 257 g/mol. The molecule has 0 aliphatic rings. The molecule has 0 spiro atoms. The van der Waals surface area contributed by atoms with Crippen LogP contribution in [0.25, 0.3) is 0 Å². The molecule has 1 unspecified atom stereocenters. The summed E-state index contributed by atoms with van der Waals surface area (Å²) >= 11 is 0. The molecule has 0 fully saturated rings. The largest absolute Gasteiger partial charge is 0.384 e. The van der Waals surface area contributed by atoms with Gasteiger partial charge in [0.2, 0.25) is 0 Å². The van der Waals surface area contributed by atoms with Crippen LogP contribution in [-0.2, 0) is 6.42 Å². The zero-order chi connectivity index (χ0) is 13.8. The van der Waals surface area contributed by atoms with Gasteiger partial charge in [-0.05, 0) is 35.2 Å². The van der Waals surface area contributed by atoms with Gasteiger partial charge in [-0.15, -0.1) is 0 Å². The van der Waals surface area contributed by atoms with Gasteiger partial charge in [-0.25, -0.2) is 0 Å². The molecule has 2 aromatic carbocycles. The molecule has 98 valence electrons. The molecule has 0 saturated carbocycles. The van der Waals surface area contributed by atoms with E-state index in [1.54, 1.807) is 12.1 Å². The quantitative estimate of drug-likeness (QED) is 0.675. The molecule has 1 atom stereocenters. The number of aliphatic hydroxyl groups is 1. The van der Waals surface area contributed by atoms with Gasteiger partial charge in [0, 0.05) is 12.1 Å². The van der Waals surface area contributed by atoms with Gasteiger partial charge in [0.05, 0.1) is 4.92 Å². The van der Waals surface area contributed by atoms with Gasteiger partial charge in [0.1, 0.15) is 6.10 Å². The number of benzene rings is 2. The molecule has 2 aromatic rings. The van der Waals surface area contributed by atoms with Gasteiger partial charge < -0.3 is 5.11 Å². The summed E-state index contributed by atoms with van der Waals surface area (Å²) in [5.41, 5.74) is 2.66. The molecule has 0 heterocycles. The lowest BCUT2D eigenvalue weighted by Crippen LogP contribution is -2.00. The van der Waals surface area contributed by atoms with E-state index in [9.17, 15) is 15.2 Å². The van der Waals surface area contributed by atoms with Crippen molar-refractivity contribution in [1.82, 2.24) is 0 Å². The lowest BCUT2D eigenvalue weighted by atomic mass is 10.00. The van der Waals surface area contributed by atoms with E-state index in [0.29, 0.717) is 5.56 Å². The van der Waals surface area contributed by atoms with E-state index < -0.39 is 11.0 Å². The number of nitro groups is 1. The highest BCUT2D eigenvalue weighted by atomic mass is 16.6. The first-order valence-corrected chi connectivity index (χ1v) is 6.13. The van der Waals surface area contributed by atoms with Gasteiger partial charge in [-0.3, -0.25) is 10.1 Å². The summed E-state index contributed by atoms with van der Waals surface area (Å²) in [6.07, 6.45) is 0.195. The molecule has 4 heteroatoms. The normalized spacial score (nSPS) is 12.1. The Morgan fingerprint density at radius 2 is 1.53 bits per heavy atom. The first-order valence-electron chi connectivity index (χ1n) is 6.13. The van der Waals surface area contributed by atoms with E-state index in [2.05, 4.69) is 6.92 Å². The summed E-state index contributed by atoms with van der Waals surface area (Å²) < 4.78 is 0. The van der Waals surface area contributed by atoms with Crippen molar-refractivity contribution in [2.75, 3.05) is 0 Å². The predicted octanol–water partition coefficient (Wildman–Crippen LogP) is 3.24. The van der Waals surface area contributed by atoms with Crippen LogP contribution in [0, 0.1) is 10.1 Å². The van der Waals surface area contributed by atoms with Gasteiger partial charge in [0.25, 0.3) is 5.69 Å². The Hall–Kier alpha value is -2.20. The topological polar surface area (TPSA) is 63.4 Å². The Labute approximate surface area is 111 Å². The van der Waals surface area contributed by atoms with E-state index in [-0.39, 0.29) is 5.69 Å². The minimum Gasteiger partial charge on any atom is -0.384 e. The number of hydrogen-bond donors (Lipinski definition) is 1. The molecule has 0 aliphatic carbocycles. The smallest absolute Gasteiger partial charge is 0.269 e. The Balaban J connectivity index is 2.22. The second-order valence-corrected chi connectivity index (χ2v) is 4.35. The van der Waals surface area contributed by atoms with Crippen LogP contribution in [-0.4, -0.2) is 10.0 Å². The lowest BCUT2D eigenvalue weighted by molar-refractivity contribution is -0.384. The first-order chi connectivity index (χ1) is 9.11. The number of aryl methyl sites for hydroxylation is 1. The minimum atomic E-state index is -0.758. The molecular formula is C15H15NO3. The first kappa shape index (κ1) is 13.2. The van der Waals surface area contributed by atoms with Crippen molar-refractivity contribution in [3.05, 3.63) is 75.3 Å². The number of non-ortho nitro benzene ring substituents is 1. The third-order valence-electron chi connectivity index (χ3n) is 3.12. The van der Waals surface area contributed by atoms with Crippen LogP contribution in [0.4, 0.5) is 5.69 Å². The van der Waals surface area contributed by atoms with E-state index >= 15 is 0 Å². The van der Waals surface area contributed by atoms with Crippen LogP contribution in [0.1, 0.15) is 29.7 Å². The number of rotatable bonds is 4. The molecule has 0 aliphatic heterocycles. The van der Waals surface area contributed by atoms with Crippen molar-refractivity contribution in [2.24, 2.45) is 0 Å². The van der Waals surface area contributed by atoms with Gasteiger partial charge >= 0.3 is 0 Å². The average molecular weight is 257 g/mol. The SMILES string of the molecule is CCc1ccc(C(O)c2ccc([N+](=O)[O-])cc2)cc1. The van der Waals surface area contributed by atoms with E-state index in [0.717, 1.165) is 12.0 Å². The zero-order valence-electron chi connectivity index (χ0n) is 10.6. The summed E-state index contributed by atoms with van der Waals surface area (Å²) in [7, 11) is 0. The summed E-state index contributed by atoms with van der Waals surface area (Å²) in [5.74, 6) is 0. The summed E-state index contributed by atoms with van der Waals surface area (Å²) in [5, 5.41) is 20.8. The lowest BCUT2D eigenvalue weighted by Gasteiger charge is -2.11. The van der Waals surface area contributed by atoms with Crippen molar-refractivity contribution >= 4 is 5.69 Å². The highest BCUT2D eigenvalue weighted by molar-refractivity contribution is 5.37. The van der Waals surface area contributed by atoms with Crippen LogP contribution in [0.5, 0.6) is 0 Å². The maximum absolute atomic E-state index is 10.6. The standard InChI is InChI=1S/C15H15NO3/c1-2-11-3-5-12(6-4-11)15(17)13-7-9-14(10-8-13)16(18)19/h3-10,15,17H,2H2,1H3. The Kier molecular flexibility index (Phi) is 3.92. The third kappa shape index (κ3) is 2.98. The molecule has 4 nitrogen and oxygen atoms in total. The van der Waals surface area contributed by atoms with Crippen molar-refractivity contribution in [3.63, 3.8) is 0 Å². The highest BCUT2D eigenvalue weighted by Gasteiger charge is 2.12. The van der Waals surface area contributed by atoms with Gasteiger partial charge in [0.15, 0.2) is 0 Å². The van der Waals surface area contributed by atoms with Gasteiger partial charge in [-0.1, -0.05) is 31.2 Å². The molecule has 19 heavy (non-hydrogen) atoms. The second kappa shape index (κ2) is 5.63. The summed E-state index contributed by atoms with van der Waals surface area (Å²) in [6, 6.07) is 13.7. The molecule has 0 bridgehead atoms. The zero-order valence-corrected chi connectivity index (χ0v) is 10.6. The summed E-state index contributed by atoms with van der Waals surface area (Å²) in [6.45, 7) is 2.07. The molecule has 1 N–H and O–H groups in total. The fourth-order valence-corrected chi connectivity index (χ4v) is 1.91. The van der Waals surface area contributed by atoms with Crippen molar-refractivity contribution in [3.8, 4) is 0 Å². The second-order valence-electron chi connectivity index (χ2n) is 4.35. The van der Waals surface area contributed by atoms with Crippen LogP contribution in [0.15, 0.2) is 48.5 Å². The number of nitrogens with zero attached hydrogens (tertiary/aromatic N) is 1. The van der Waals surface area contributed by atoms with Gasteiger partial charge in [-0.2, -0.15) is 0 Å². The minimum absolute atomic E-state index is 0.0253. The Morgan fingerprint density at radius 3 is 1.95 bits per heavy atom. The van der Waals surface area contributed by atoms with E-state index in [1.807, 2.05) is 24.3 Å². The maximum atomic E-state index is 10.6. The highest BCUT2D eigenvalue weighted by Crippen LogP contribution is 2.24. The third-order valence-corrected chi connectivity index (χ3v) is 3.12. The van der Waals surface area contributed by atoms with Crippen LogP contribution >= 0.6 is 0 Å². The van der Waals surface area contributed by atoms with Crippen LogP contribution in [0.3, 0.4) is 0 Å². The Morgan fingerprint density at radius 1 is 1.05 bits per heavy atom. The van der Waals surface area contributed by atoms with Crippen LogP contribution in [0.2, 0.25) is 0 Å². The Bertz CT molecular complexity index is 561. The molecule has 0 saturated heterocycles. The average Bonchev–Trinajstić information content (AvgIpc) is 2.46. The van der Waals surface area contributed by atoms with E-state index in [4.69, 9.17) is 0 Å². The van der Waals surface area contributed by atoms with Crippen LogP contribution < -0.4 is 0 Å². The summed E-state index contributed by atoms with van der Waals surface area (Å²) in [4.78, 5) is 10.1. The number of aliphatic hydroxyl groups excluding tert-OH is 1. The number of hydrogen-bond acceptors (Lipinski definition) is 3. The molecule has 0 amide bonds. The van der Waals surface area contributed by atoms with Crippen molar-refractivity contribution in [2.45, 2.75) is 19.4 Å². The van der Waals surface area contributed by atoms with E-state index in [1.165, 1.54) is 17.7 Å². The van der Waals surface area contributed by atoms with Crippen molar-refractivity contribution in [1.29, 1.82) is 0 Å². The van der Waals surface area contributed by atoms with Crippen molar-refractivity contribution < 1.29 is 10.0 Å². The fraction of sp³-hybridized carbons (Fsp3) is 0.200. The predicted molar refractivity (Wildman–Crippen MR) is 73.0 cm³/mol. The fourth-order valence-electron chi connectivity index (χ4n) is 1.91. The maximum Gasteiger partial charge on any atom is 0.269 e. The molecule has 0 radical (unpaired) electrons. The molecule has 2 rings (SSSR count). The molecular weight excluding hydrogens is 242 g/mol.